The Morgan fingerprint density at radius 2 is 1.92 bits per heavy atom. The number of carbonyl (C=O) groups excluding carboxylic acids is 2. The van der Waals surface area contributed by atoms with E-state index >= 15 is 0 Å². The quantitative estimate of drug-likeness (QED) is 0.337. The van der Waals surface area contributed by atoms with Gasteiger partial charge in [-0.3, -0.25) is 9.59 Å². The zero-order valence-electron chi connectivity index (χ0n) is 21.5. The van der Waals surface area contributed by atoms with Crippen molar-refractivity contribution < 1.29 is 14.0 Å². The van der Waals surface area contributed by atoms with Crippen LogP contribution in [-0.2, 0) is 11.8 Å². The van der Waals surface area contributed by atoms with Crippen molar-refractivity contribution in [3.8, 4) is 11.3 Å². The summed E-state index contributed by atoms with van der Waals surface area (Å²) in [6.07, 6.45) is 7.24. The molecular formula is C30H27FN6O2. The van der Waals surface area contributed by atoms with Crippen LogP contribution < -0.4 is 5.32 Å². The second-order valence-electron chi connectivity index (χ2n) is 10.5. The standard InChI is InChI=1S/C30H27FN6O2/c1-35-17-23(30(39)36-12-3-6-25(36)20-4-2-5-21(31)14-20)22-15-19(9-10-26(22)35)24-11-13-37-28(32-24)16-27(34-37)33-29(38)18-7-8-18/h2,4-5,9-11,13-18,25H,3,6-8,12H2,1H3,(H,33,34,38). The van der Waals surface area contributed by atoms with E-state index in [2.05, 4.69) is 10.4 Å². The third-order valence-electron chi connectivity index (χ3n) is 7.79. The number of nitrogens with zero attached hydrogens (tertiary/aromatic N) is 5. The van der Waals surface area contributed by atoms with Gasteiger partial charge < -0.3 is 14.8 Å². The Morgan fingerprint density at radius 1 is 1.05 bits per heavy atom. The molecule has 0 spiro atoms. The number of aryl methyl sites for hydroxylation is 1. The van der Waals surface area contributed by atoms with E-state index in [0.29, 0.717) is 23.6 Å². The predicted molar refractivity (Wildman–Crippen MR) is 146 cm³/mol. The number of halogens is 1. The Bertz CT molecular complexity index is 1770. The molecule has 8 nitrogen and oxygen atoms in total. The number of rotatable bonds is 5. The number of nitrogens with one attached hydrogen (secondary N) is 1. The number of amides is 2. The molecule has 5 aromatic rings. The number of hydrogen-bond donors (Lipinski definition) is 1. The molecule has 7 rings (SSSR count). The highest BCUT2D eigenvalue weighted by molar-refractivity contribution is 6.08. The maximum Gasteiger partial charge on any atom is 0.256 e. The van der Waals surface area contributed by atoms with E-state index in [1.807, 2.05) is 59.2 Å². The van der Waals surface area contributed by atoms with Gasteiger partial charge in [0.25, 0.3) is 5.91 Å². The van der Waals surface area contributed by atoms with Gasteiger partial charge in [0, 0.05) is 54.4 Å². The van der Waals surface area contributed by atoms with Crippen molar-refractivity contribution in [3.63, 3.8) is 0 Å². The van der Waals surface area contributed by atoms with Crippen molar-refractivity contribution in [3.05, 3.63) is 83.9 Å². The van der Waals surface area contributed by atoms with E-state index in [0.717, 1.165) is 53.4 Å². The molecule has 2 fully saturated rings. The summed E-state index contributed by atoms with van der Waals surface area (Å²) in [6.45, 7) is 0.634. The Balaban J connectivity index is 1.22. The van der Waals surface area contributed by atoms with Gasteiger partial charge in [0.2, 0.25) is 5.91 Å². The third kappa shape index (κ3) is 4.24. The van der Waals surface area contributed by atoms with Gasteiger partial charge in [0.1, 0.15) is 5.82 Å². The molecule has 39 heavy (non-hydrogen) atoms. The van der Waals surface area contributed by atoms with Gasteiger partial charge >= 0.3 is 0 Å². The molecule has 1 saturated heterocycles. The lowest BCUT2D eigenvalue weighted by molar-refractivity contribution is -0.117. The largest absolute Gasteiger partial charge is 0.350 e. The van der Waals surface area contributed by atoms with Crippen molar-refractivity contribution >= 4 is 34.2 Å². The summed E-state index contributed by atoms with van der Waals surface area (Å²) in [5.41, 5.74) is 4.63. The van der Waals surface area contributed by atoms with Gasteiger partial charge in [-0.05, 0) is 61.6 Å². The molecule has 9 heteroatoms. The summed E-state index contributed by atoms with van der Waals surface area (Å²) in [6, 6.07) is 16.0. The van der Waals surface area contributed by atoms with Crippen molar-refractivity contribution in [2.75, 3.05) is 11.9 Å². The molecule has 2 aromatic carbocycles. The maximum absolute atomic E-state index is 13.9. The lowest BCUT2D eigenvalue weighted by atomic mass is 10.0. The predicted octanol–water partition coefficient (Wildman–Crippen LogP) is 5.35. The smallest absolute Gasteiger partial charge is 0.256 e. The molecule has 3 aromatic heterocycles. The third-order valence-corrected chi connectivity index (χ3v) is 7.79. The molecule has 196 valence electrons. The van der Waals surface area contributed by atoms with Crippen LogP contribution in [0.25, 0.3) is 27.8 Å². The van der Waals surface area contributed by atoms with Crippen LogP contribution in [0.4, 0.5) is 10.2 Å². The van der Waals surface area contributed by atoms with Crippen molar-refractivity contribution in [1.29, 1.82) is 0 Å². The first-order chi connectivity index (χ1) is 18.9. The van der Waals surface area contributed by atoms with E-state index in [9.17, 15) is 14.0 Å². The molecule has 1 aliphatic heterocycles. The highest BCUT2D eigenvalue weighted by Gasteiger charge is 2.32. The highest BCUT2D eigenvalue weighted by Crippen LogP contribution is 2.36. The minimum atomic E-state index is -0.290. The molecule has 0 bridgehead atoms. The first-order valence-corrected chi connectivity index (χ1v) is 13.3. The van der Waals surface area contributed by atoms with E-state index in [4.69, 9.17) is 4.98 Å². The molecule has 1 aliphatic carbocycles. The summed E-state index contributed by atoms with van der Waals surface area (Å²) in [5, 5.41) is 8.13. The first kappa shape index (κ1) is 23.6. The van der Waals surface area contributed by atoms with Gasteiger partial charge in [0.05, 0.1) is 17.3 Å². The molecule has 1 saturated carbocycles. The SMILES string of the molecule is Cn1cc(C(=O)N2CCCC2c2cccc(F)c2)c2cc(-c3ccn4nc(NC(=O)C5CC5)cc4n3)ccc21. The number of carbonyl (C=O) groups is 2. The molecule has 1 unspecified atom stereocenters. The number of anilines is 1. The monoisotopic (exact) mass is 522 g/mol. The second kappa shape index (κ2) is 9.04. The van der Waals surface area contributed by atoms with Gasteiger partial charge in [-0.25, -0.2) is 13.9 Å². The minimum Gasteiger partial charge on any atom is -0.350 e. The summed E-state index contributed by atoms with van der Waals surface area (Å²) in [5.74, 6) is 0.239. The molecule has 4 heterocycles. The summed E-state index contributed by atoms with van der Waals surface area (Å²) < 4.78 is 17.5. The highest BCUT2D eigenvalue weighted by atomic mass is 19.1. The maximum atomic E-state index is 13.9. The fourth-order valence-electron chi connectivity index (χ4n) is 5.62. The van der Waals surface area contributed by atoms with Crippen molar-refractivity contribution in [1.82, 2.24) is 24.1 Å². The van der Waals surface area contributed by atoms with Crippen molar-refractivity contribution in [2.24, 2.45) is 13.0 Å². The average Bonchev–Trinajstić information content (AvgIpc) is 3.39. The van der Waals surface area contributed by atoms with E-state index in [-0.39, 0.29) is 29.6 Å². The Hall–Kier alpha value is -4.53. The molecule has 2 amide bonds. The molecule has 0 radical (unpaired) electrons. The first-order valence-electron chi connectivity index (χ1n) is 13.3. The lowest BCUT2D eigenvalue weighted by Gasteiger charge is -2.25. The number of hydrogen-bond acceptors (Lipinski definition) is 4. The van der Waals surface area contributed by atoms with Gasteiger partial charge in [-0.2, -0.15) is 0 Å². The molecule has 2 aliphatic rings. The van der Waals surface area contributed by atoms with E-state index < -0.39 is 0 Å². The topological polar surface area (TPSA) is 84.5 Å². The van der Waals surface area contributed by atoms with Crippen LogP contribution >= 0.6 is 0 Å². The number of fused-ring (bicyclic) bond motifs is 2. The van der Waals surface area contributed by atoms with Crippen LogP contribution in [-0.4, -0.2) is 42.4 Å². The zero-order chi connectivity index (χ0) is 26.7. The van der Waals surface area contributed by atoms with Crippen LogP contribution in [0.5, 0.6) is 0 Å². The number of likely N-dealkylation sites (tertiary alicyclic amines) is 1. The van der Waals surface area contributed by atoms with Crippen molar-refractivity contribution in [2.45, 2.75) is 31.7 Å². The van der Waals surface area contributed by atoms with Gasteiger partial charge in [0.15, 0.2) is 11.5 Å². The van der Waals surface area contributed by atoms with E-state index in [1.54, 1.807) is 16.6 Å². The fraction of sp³-hybridized carbons (Fsp3) is 0.267. The van der Waals surface area contributed by atoms with Gasteiger partial charge in [-0.1, -0.05) is 18.2 Å². The van der Waals surface area contributed by atoms with Crippen LogP contribution in [0.15, 0.2) is 67.0 Å². The second-order valence-corrected chi connectivity index (χ2v) is 10.5. The molecule has 1 N–H and O–H groups in total. The average molecular weight is 523 g/mol. The van der Waals surface area contributed by atoms with Crippen LogP contribution in [0.2, 0.25) is 0 Å². The van der Waals surface area contributed by atoms with Crippen LogP contribution in [0.3, 0.4) is 0 Å². The Kier molecular flexibility index (Phi) is 5.47. The van der Waals surface area contributed by atoms with E-state index in [1.165, 1.54) is 12.1 Å². The summed E-state index contributed by atoms with van der Waals surface area (Å²) >= 11 is 0. The van der Waals surface area contributed by atoms with Gasteiger partial charge in [-0.15, -0.1) is 5.10 Å². The molecular weight excluding hydrogens is 495 g/mol. The minimum absolute atomic E-state index is 0.00277. The molecule has 1 atom stereocenters. The number of benzene rings is 2. The fourth-order valence-corrected chi connectivity index (χ4v) is 5.62. The lowest BCUT2D eigenvalue weighted by Crippen LogP contribution is -2.30. The van der Waals surface area contributed by atoms with Crippen LogP contribution in [0, 0.1) is 11.7 Å². The number of aromatic nitrogens is 4. The Labute approximate surface area is 224 Å². The summed E-state index contributed by atoms with van der Waals surface area (Å²) in [4.78, 5) is 32.6. The van der Waals surface area contributed by atoms with Crippen LogP contribution in [0.1, 0.15) is 47.6 Å². The normalized spacial score (nSPS) is 17.3. The Morgan fingerprint density at radius 3 is 2.74 bits per heavy atom. The zero-order valence-corrected chi connectivity index (χ0v) is 21.5. The summed E-state index contributed by atoms with van der Waals surface area (Å²) in [7, 11) is 1.93.